The molecule has 1 aromatic carbocycles. The number of aromatic nitrogens is 3. The van der Waals surface area contributed by atoms with Crippen molar-refractivity contribution in [3.8, 4) is 0 Å². The minimum atomic E-state index is -0.958. The van der Waals surface area contributed by atoms with E-state index in [2.05, 4.69) is 9.47 Å². The van der Waals surface area contributed by atoms with Crippen molar-refractivity contribution in [1.29, 1.82) is 0 Å². The van der Waals surface area contributed by atoms with Gasteiger partial charge in [-0.2, -0.15) is 0 Å². The van der Waals surface area contributed by atoms with Gasteiger partial charge in [0, 0.05) is 30.3 Å². The summed E-state index contributed by atoms with van der Waals surface area (Å²) in [5, 5.41) is 11.3. The highest BCUT2D eigenvalue weighted by molar-refractivity contribution is 5.79. The van der Waals surface area contributed by atoms with Crippen LogP contribution in [-0.4, -0.2) is 37.6 Å². The van der Waals surface area contributed by atoms with E-state index in [4.69, 9.17) is 9.97 Å². The predicted molar refractivity (Wildman–Crippen MR) is 106 cm³/mol. The van der Waals surface area contributed by atoms with E-state index in [1.807, 2.05) is 50.4 Å². The third-order valence-corrected chi connectivity index (χ3v) is 6.22. The van der Waals surface area contributed by atoms with Crippen LogP contribution in [0.4, 0.5) is 0 Å². The van der Waals surface area contributed by atoms with Crippen molar-refractivity contribution >= 4 is 11.2 Å². The molecule has 0 saturated carbocycles. The van der Waals surface area contributed by atoms with E-state index in [1.54, 1.807) is 0 Å². The van der Waals surface area contributed by atoms with Crippen LogP contribution < -0.4 is 0 Å². The second-order valence-corrected chi connectivity index (χ2v) is 8.21. The van der Waals surface area contributed by atoms with Gasteiger partial charge >= 0.3 is 0 Å². The van der Waals surface area contributed by atoms with Gasteiger partial charge in [-0.25, -0.2) is 9.97 Å². The molecule has 1 N–H and O–H groups in total. The zero-order valence-electron chi connectivity index (χ0n) is 16.0. The van der Waals surface area contributed by atoms with Gasteiger partial charge in [0.1, 0.15) is 11.1 Å². The molecule has 2 unspecified atom stereocenters. The number of hydrogen-bond acceptors (Lipinski definition) is 4. The number of aryl methyl sites for hydroxylation is 1. The Bertz CT molecular complexity index is 992. The fourth-order valence-electron chi connectivity index (χ4n) is 4.92. The molecule has 4 heterocycles. The quantitative estimate of drug-likeness (QED) is 0.776. The Labute approximate surface area is 159 Å². The molecule has 0 aliphatic carbocycles. The lowest BCUT2D eigenvalue weighted by Gasteiger charge is -2.32. The van der Waals surface area contributed by atoms with Crippen molar-refractivity contribution in [3.05, 3.63) is 59.0 Å². The molecule has 2 aliphatic heterocycles. The third kappa shape index (κ3) is 2.68. The van der Waals surface area contributed by atoms with Crippen LogP contribution in [0.2, 0.25) is 0 Å². The zero-order chi connectivity index (χ0) is 18.6. The van der Waals surface area contributed by atoms with Gasteiger partial charge in [-0.3, -0.25) is 4.90 Å². The van der Waals surface area contributed by atoms with Crippen LogP contribution in [0.25, 0.3) is 11.2 Å². The molecule has 5 rings (SSSR count). The van der Waals surface area contributed by atoms with E-state index in [9.17, 15) is 5.11 Å². The van der Waals surface area contributed by atoms with Crippen LogP contribution >= 0.6 is 0 Å². The highest BCUT2D eigenvalue weighted by Crippen LogP contribution is 2.42. The van der Waals surface area contributed by atoms with Gasteiger partial charge in [-0.1, -0.05) is 30.3 Å². The summed E-state index contributed by atoms with van der Waals surface area (Å²) in [5.74, 6) is 0. The summed E-state index contributed by atoms with van der Waals surface area (Å²) in [5.41, 5.74) is 5.54. The summed E-state index contributed by atoms with van der Waals surface area (Å²) in [6.45, 7) is 6.66. The normalized spacial score (nSPS) is 21.8. The van der Waals surface area contributed by atoms with Crippen molar-refractivity contribution in [1.82, 2.24) is 19.4 Å². The molecule has 0 spiro atoms. The lowest BCUT2D eigenvalue weighted by Crippen LogP contribution is -2.33. The maximum Gasteiger partial charge on any atom is 0.159 e. The van der Waals surface area contributed by atoms with E-state index in [0.29, 0.717) is 12.6 Å². The van der Waals surface area contributed by atoms with Crippen LogP contribution in [-0.2, 0) is 18.6 Å². The number of rotatable bonds is 3. The molecule has 0 radical (unpaired) electrons. The summed E-state index contributed by atoms with van der Waals surface area (Å²) in [4.78, 5) is 12.2. The number of aliphatic hydroxyl groups is 1. The Morgan fingerprint density at radius 2 is 2.04 bits per heavy atom. The molecule has 0 bridgehead atoms. The molecular formula is C22H26N4O. The fourth-order valence-corrected chi connectivity index (χ4v) is 4.92. The van der Waals surface area contributed by atoms with Crippen LogP contribution in [0, 0.1) is 6.92 Å². The number of fused-ring (bicyclic) bond motifs is 5. The minimum absolute atomic E-state index is 0.454. The van der Waals surface area contributed by atoms with E-state index in [-0.39, 0.29) is 0 Å². The molecule has 27 heavy (non-hydrogen) atoms. The molecule has 2 atom stereocenters. The van der Waals surface area contributed by atoms with E-state index >= 15 is 0 Å². The Morgan fingerprint density at radius 1 is 1.22 bits per heavy atom. The molecule has 2 aliphatic rings. The van der Waals surface area contributed by atoms with Gasteiger partial charge < -0.3 is 9.67 Å². The molecule has 5 heteroatoms. The van der Waals surface area contributed by atoms with Crippen molar-refractivity contribution < 1.29 is 5.11 Å². The second kappa shape index (κ2) is 6.14. The predicted octanol–water partition coefficient (Wildman–Crippen LogP) is 3.34. The van der Waals surface area contributed by atoms with Crippen LogP contribution in [0.1, 0.15) is 48.3 Å². The highest BCUT2D eigenvalue weighted by Gasteiger charge is 2.37. The minimum Gasteiger partial charge on any atom is -0.384 e. The van der Waals surface area contributed by atoms with Crippen molar-refractivity contribution in [3.63, 3.8) is 0 Å². The van der Waals surface area contributed by atoms with Crippen LogP contribution in [0.15, 0.2) is 36.5 Å². The van der Waals surface area contributed by atoms with Gasteiger partial charge in [0.05, 0.1) is 18.4 Å². The smallest absolute Gasteiger partial charge is 0.159 e. The highest BCUT2D eigenvalue weighted by atomic mass is 16.3. The zero-order valence-corrected chi connectivity index (χ0v) is 16.0. The van der Waals surface area contributed by atoms with E-state index in [0.717, 1.165) is 35.4 Å². The topological polar surface area (TPSA) is 54.2 Å². The number of nitrogens with zero attached hydrogens (tertiary/aromatic N) is 4. The van der Waals surface area contributed by atoms with Gasteiger partial charge in [-0.05, 0) is 38.8 Å². The number of benzene rings is 1. The van der Waals surface area contributed by atoms with Gasteiger partial charge in [0.2, 0.25) is 0 Å². The molecule has 1 fully saturated rings. The Hall–Kier alpha value is -2.24. The first-order chi connectivity index (χ1) is 13.0. The molecule has 0 amide bonds. The fraction of sp³-hybridized carbons (Fsp3) is 0.455. The lowest BCUT2D eigenvalue weighted by molar-refractivity contribution is 0.0382. The Balaban J connectivity index is 1.67. The average molecular weight is 362 g/mol. The molecule has 1 saturated heterocycles. The maximum absolute atomic E-state index is 11.3. The van der Waals surface area contributed by atoms with Gasteiger partial charge in [0.15, 0.2) is 5.65 Å². The summed E-state index contributed by atoms with van der Waals surface area (Å²) in [7, 11) is 0. The second-order valence-electron chi connectivity index (χ2n) is 8.21. The third-order valence-electron chi connectivity index (χ3n) is 6.22. The SMILES string of the molecule is Cc1cnc2c(n1)c1c(n2CC(C)(O)c2ccccc2)CCN2CCCC12. The monoisotopic (exact) mass is 362 g/mol. The largest absolute Gasteiger partial charge is 0.384 e. The Kier molecular flexibility index (Phi) is 3.85. The lowest BCUT2D eigenvalue weighted by atomic mass is 9.95. The van der Waals surface area contributed by atoms with Crippen molar-refractivity contribution in [2.24, 2.45) is 0 Å². The van der Waals surface area contributed by atoms with Crippen LogP contribution in [0.3, 0.4) is 0 Å². The van der Waals surface area contributed by atoms with Crippen LogP contribution in [0.5, 0.6) is 0 Å². The van der Waals surface area contributed by atoms with E-state index in [1.165, 1.54) is 30.6 Å². The van der Waals surface area contributed by atoms with Crippen molar-refractivity contribution in [2.45, 2.75) is 51.3 Å². The van der Waals surface area contributed by atoms with E-state index < -0.39 is 5.60 Å². The maximum atomic E-state index is 11.3. The summed E-state index contributed by atoms with van der Waals surface area (Å²) >= 11 is 0. The summed E-state index contributed by atoms with van der Waals surface area (Å²) in [6.07, 6.45) is 5.27. The Morgan fingerprint density at radius 3 is 2.85 bits per heavy atom. The van der Waals surface area contributed by atoms with Gasteiger partial charge in [0.25, 0.3) is 0 Å². The standard InChI is InChI=1S/C22H26N4O/c1-15-13-23-21-20(24-15)19-17-9-6-11-25(17)12-10-18(19)26(21)14-22(2,27)16-7-4-3-5-8-16/h3-5,7-8,13,17,27H,6,9-12,14H2,1-2H3. The molecule has 5 nitrogen and oxygen atoms in total. The molecular weight excluding hydrogens is 336 g/mol. The first-order valence-electron chi connectivity index (χ1n) is 9.91. The molecule has 140 valence electrons. The van der Waals surface area contributed by atoms with Gasteiger partial charge in [-0.15, -0.1) is 0 Å². The summed E-state index contributed by atoms with van der Waals surface area (Å²) < 4.78 is 2.24. The average Bonchev–Trinajstić information content (AvgIpc) is 3.25. The summed E-state index contributed by atoms with van der Waals surface area (Å²) in [6, 6.07) is 10.4. The van der Waals surface area contributed by atoms with Crippen molar-refractivity contribution in [2.75, 3.05) is 13.1 Å². The molecule has 3 aromatic rings. The first-order valence-corrected chi connectivity index (χ1v) is 9.91. The number of hydrogen-bond donors (Lipinski definition) is 1. The first kappa shape index (κ1) is 16.9. The molecule has 2 aromatic heterocycles.